The summed E-state index contributed by atoms with van der Waals surface area (Å²) in [4.78, 5) is 57.7. The van der Waals surface area contributed by atoms with Crippen LogP contribution in [0.25, 0.3) is 0 Å². The van der Waals surface area contributed by atoms with E-state index in [0.717, 1.165) is 4.90 Å². The molecular formula is C25H27N3O8. The van der Waals surface area contributed by atoms with Crippen molar-refractivity contribution >= 4 is 23.4 Å². The van der Waals surface area contributed by atoms with Crippen LogP contribution in [-0.4, -0.2) is 99.2 Å². The largest absolute Gasteiger partial charge is 0.496 e. The average molecular weight is 498 g/mol. The number of ether oxygens (including phenoxy) is 3. The predicted molar refractivity (Wildman–Crippen MR) is 126 cm³/mol. The summed E-state index contributed by atoms with van der Waals surface area (Å²) in [5.74, 6) is -1.13. The fourth-order valence-corrected chi connectivity index (χ4v) is 4.45. The number of Topliss-reactive ketones (excluding diaryl/α,β-unsaturated/α-hetero) is 2. The Bertz CT molecular complexity index is 1230. The van der Waals surface area contributed by atoms with Crippen molar-refractivity contribution in [2.45, 2.75) is 0 Å². The lowest BCUT2D eigenvalue weighted by Crippen LogP contribution is -2.51. The second kappa shape index (κ2) is 10.2. The Morgan fingerprint density at radius 3 is 2.08 bits per heavy atom. The van der Waals surface area contributed by atoms with Crippen molar-refractivity contribution < 1.29 is 37.8 Å². The molecule has 2 aromatic rings. The van der Waals surface area contributed by atoms with Crippen molar-refractivity contribution in [3.63, 3.8) is 0 Å². The highest BCUT2D eigenvalue weighted by atomic mass is 16.5. The van der Waals surface area contributed by atoms with Crippen LogP contribution < -0.4 is 9.47 Å². The average Bonchev–Trinajstić information content (AvgIpc) is 3.44. The van der Waals surface area contributed by atoms with Gasteiger partial charge in [0.15, 0.2) is 5.76 Å². The molecule has 0 bridgehead atoms. The number of allylic oxidation sites excluding steroid dienone is 2. The topological polar surface area (TPSA) is 119 Å². The van der Waals surface area contributed by atoms with Gasteiger partial charge in [0.2, 0.25) is 11.6 Å². The maximum Gasteiger partial charge on any atom is 0.289 e. The highest BCUT2D eigenvalue weighted by molar-refractivity contribution is 6.29. The second-order valence-corrected chi connectivity index (χ2v) is 8.22. The van der Waals surface area contributed by atoms with Crippen molar-refractivity contribution in [2.75, 3.05) is 61.2 Å². The van der Waals surface area contributed by atoms with Gasteiger partial charge < -0.3 is 33.3 Å². The highest BCUT2D eigenvalue weighted by Crippen LogP contribution is 2.40. The van der Waals surface area contributed by atoms with Gasteiger partial charge in [-0.3, -0.25) is 19.2 Å². The Kier molecular flexibility index (Phi) is 7.11. The Labute approximate surface area is 207 Å². The molecule has 1 aliphatic carbocycles. The van der Waals surface area contributed by atoms with Crippen LogP contribution in [0, 0.1) is 0 Å². The number of likely N-dealkylation sites (N-methyl/N-ethyl adjacent to an activating group) is 1. The summed E-state index contributed by atoms with van der Waals surface area (Å²) < 4.78 is 21.0. The maximum absolute atomic E-state index is 14.0. The van der Waals surface area contributed by atoms with Gasteiger partial charge in [-0.15, -0.1) is 0 Å². The van der Waals surface area contributed by atoms with Crippen molar-refractivity contribution in [1.29, 1.82) is 0 Å². The lowest BCUT2D eigenvalue weighted by atomic mass is 9.87. The standard InChI is InChI=1S/C25H27N3O8/c1-26(18(29)14-33-2)21-22(27-9-11-28(12-10-27)25(32)17-6-5-13-36-17)24(31)20-16(35-4)8-7-15(34-3)19(20)23(21)30/h5-8,13H,9-12,14H2,1-4H3. The third kappa shape index (κ3) is 4.22. The molecule has 2 heterocycles. The smallest absolute Gasteiger partial charge is 0.289 e. The molecule has 1 aromatic heterocycles. The van der Waals surface area contributed by atoms with E-state index in [4.69, 9.17) is 18.6 Å². The molecule has 1 fully saturated rings. The number of ketones is 2. The molecule has 1 saturated heterocycles. The van der Waals surface area contributed by atoms with E-state index in [9.17, 15) is 19.2 Å². The van der Waals surface area contributed by atoms with E-state index in [1.54, 1.807) is 34.1 Å². The van der Waals surface area contributed by atoms with Gasteiger partial charge in [-0.2, -0.15) is 0 Å². The number of piperazine rings is 1. The van der Waals surface area contributed by atoms with Gasteiger partial charge in [0.1, 0.15) is 29.5 Å². The second-order valence-electron chi connectivity index (χ2n) is 8.22. The lowest BCUT2D eigenvalue weighted by Gasteiger charge is -2.39. The van der Waals surface area contributed by atoms with E-state index in [1.807, 2.05) is 0 Å². The highest BCUT2D eigenvalue weighted by Gasteiger charge is 2.43. The number of nitrogens with zero attached hydrogens (tertiary/aromatic N) is 3. The predicted octanol–water partition coefficient (Wildman–Crippen LogP) is 1.45. The molecular weight excluding hydrogens is 470 g/mol. The van der Waals surface area contributed by atoms with Crippen LogP contribution in [0.15, 0.2) is 46.3 Å². The Balaban J connectivity index is 1.76. The number of fused-ring (bicyclic) bond motifs is 1. The minimum atomic E-state index is -0.545. The number of amides is 2. The van der Waals surface area contributed by atoms with Crippen LogP contribution in [0.2, 0.25) is 0 Å². The molecule has 2 amide bonds. The normalized spacial score (nSPS) is 15.7. The molecule has 0 atom stereocenters. The van der Waals surface area contributed by atoms with E-state index < -0.39 is 17.5 Å². The summed E-state index contributed by atoms with van der Waals surface area (Å²) in [6, 6.07) is 6.33. The molecule has 11 heteroatoms. The minimum absolute atomic E-state index is 0.0318. The molecule has 11 nitrogen and oxygen atoms in total. The molecule has 4 rings (SSSR count). The van der Waals surface area contributed by atoms with Crippen LogP contribution in [0.1, 0.15) is 31.3 Å². The summed E-state index contributed by atoms with van der Waals surface area (Å²) in [5.41, 5.74) is 0.0922. The number of furan rings is 1. The Morgan fingerprint density at radius 1 is 0.944 bits per heavy atom. The minimum Gasteiger partial charge on any atom is -0.496 e. The number of hydrogen-bond acceptors (Lipinski definition) is 9. The molecule has 0 unspecified atom stereocenters. The summed E-state index contributed by atoms with van der Waals surface area (Å²) in [7, 11) is 5.60. The third-order valence-corrected chi connectivity index (χ3v) is 6.27. The molecule has 1 aromatic carbocycles. The van der Waals surface area contributed by atoms with E-state index in [1.165, 1.54) is 34.6 Å². The number of rotatable bonds is 7. The Hall–Kier alpha value is -4.12. The first-order chi connectivity index (χ1) is 17.3. The first-order valence-corrected chi connectivity index (χ1v) is 11.3. The third-order valence-electron chi connectivity index (χ3n) is 6.27. The molecule has 190 valence electrons. The molecule has 1 aliphatic heterocycles. The molecule has 0 N–H and O–H groups in total. The maximum atomic E-state index is 14.0. The van der Waals surface area contributed by atoms with Gasteiger partial charge in [0.25, 0.3) is 11.8 Å². The van der Waals surface area contributed by atoms with Gasteiger partial charge in [-0.05, 0) is 24.3 Å². The van der Waals surface area contributed by atoms with Crippen molar-refractivity contribution in [2.24, 2.45) is 0 Å². The van der Waals surface area contributed by atoms with Crippen LogP contribution in [0.5, 0.6) is 11.5 Å². The SMILES string of the molecule is COCC(=O)N(C)C1=C(N2CCN(C(=O)c3ccco3)CC2)C(=O)c2c(OC)ccc(OC)c2C1=O. The molecule has 0 saturated carbocycles. The van der Waals surface area contributed by atoms with E-state index in [2.05, 4.69) is 0 Å². The first-order valence-electron chi connectivity index (χ1n) is 11.3. The summed E-state index contributed by atoms with van der Waals surface area (Å²) in [6.45, 7) is 0.823. The number of carbonyl (C=O) groups excluding carboxylic acids is 4. The summed E-state index contributed by atoms with van der Waals surface area (Å²) in [6.07, 6.45) is 1.43. The summed E-state index contributed by atoms with van der Waals surface area (Å²) >= 11 is 0. The van der Waals surface area contributed by atoms with Gasteiger partial charge in [0, 0.05) is 40.3 Å². The lowest BCUT2D eigenvalue weighted by molar-refractivity contribution is -0.131. The zero-order chi connectivity index (χ0) is 26.0. The van der Waals surface area contributed by atoms with Crippen LogP contribution >= 0.6 is 0 Å². The molecule has 2 aliphatic rings. The van der Waals surface area contributed by atoms with Crippen molar-refractivity contribution in [3.8, 4) is 11.5 Å². The number of hydrogen-bond donors (Lipinski definition) is 0. The van der Waals surface area contributed by atoms with Crippen LogP contribution in [-0.2, 0) is 9.53 Å². The van der Waals surface area contributed by atoms with Crippen molar-refractivity contribution in [3.05, 3.63) is 58.8 Å². The number of benzene rings is 1. The zero-order valence-electron chi connectivity index (χ0n) is 20.5. The Morgan fingerprint density at radius 2 is 1.56 bits per heavy atom. The molecule has 0 radical (unpaired) electrons. The van der Waals surface area contributed by atoms with E-state index in [0.29, 0.717) is 0 Å². The van der Waals surface area contributed by atoms with Crippen molar-refractivity contribution in [1.82, 2.24) is 14.7 Å². The quantitative estimate of drug-likeness (QED) is 0.560. The number of methoxy groups -OCH3 is 3. The molecule has 36 heavy (non-hydrogen) atoms. The molecule has 0 spiro atoms. The van der Waals surface area contributed by atoms with E-state index in [-0.39, 0.29) is 78.5 Å². The zero-order valence-corrected chi connectivity index (χ0v) is 20.5. The number of carbonyl (C=O) groups is 4. The summed E-state index contributed by atoms with van der Waals surface area (Å²) in [5, 5.41) is 0. The fraction of sp³-hybridized carbons (Fsp3) is 0.360. The van der Waals surface area contributed by atoms with Gasteiger partial charge in [-0.1, -0.05) is 0 Å². The first kappa shape index (κ1) is 25.0. The van der Waals surface area contributed by atoms with Gasteiger partial charge in [-0.25, -0.2) is 0 Å². The van der Waals surface area contributed by atoms with Gasteiger partial charge in [0.05, 0.1) is 31.6 Å². The van der Waals surface area contributed by atoms with Gasteiger partial charge >= 0.3 is 0 Å². The van der Waals surface area contributed by atoms with Crippen LogP contribution in [0.4, 0.5) is 0 Å². The fourth-order valence-electron chi connectivity index (χ4n) is 4.45. The van der Waals surface area contributed by atoms with Crippen LogP contribution in [0.3, 0.4) is 0 Å². The monoisotopic (exact) mass is 497 g/mol. The van der Waals surface area contributed by atoms with E-state index >= 15 is 0 Å².